The molecule has 2 rings (SSSR count). The zero-order chi connectivity index (χ0) is 10.7. The molecule has 7 nitrogen and oxygen atoms in total. The Morgan fingerprint density at radius 3 is 3.20 bits per heavy atom. The zero-order valence-electron chi connectivity index (χ0n) is 7.91. The van der Waals surface area contributed by atoms with Crippen molar-refractivity contribution in [1.82, 2.24) is 19.9 Å². The summed E-state index contributed by atoms with van der Waals surface area (Å²) in [5.74, 6) is 0.797. The van der Waals surface area contributed by atoms with E-state index in [1.165, 1.54) is 10.2 Å². The molecule has 0 spiro atoms. The predicted molar refractivity (Wildman–Crippen MR) is 50.5 cm³/mol. The third-order valence-corrected chi connectivity index (χ3v) is 2.23. The van der Waals surface area contributed by atoms with Gasteiger partial charge in [0.1, 0.15) is 18.7 Å². The average molecular weight is 228 g/mol. The number of hydrogen-bond donors (Lipinski definition) is 0. The van der Waals surface area contributed by atoms with E-state index in [-0.39, 0.29) is 18.0 Å². The Hall–Kier alpha value is -1.54. The SMILES string of the molecule is COCc1noc(Cn2ncsc2=O)n1. The minimum Gasteiger partial charge on any atom is -0.377 e. The van der Waals surface area contributed by atoms with Gasteiger partial charge in [-0.3, -0.25) is 4.79 Å². The van der Waals surface area contributed by atoms with Gasteiger partial charge in [0.25, 0.3) is 0 Å². The van der Waals surface area contributed by atoms with Crippen molar-refractivity contribution >= 4 is 11.3 Å². The largest absolute Gasteiger partial charge is 0.377 e. The summed E-state index contributed by atoms with van der Waals surface area (Å²) >= 11 is 1.02. The first-order valence-electron chi connectivity index (χ1n) is 4.10. The van der Waals surface area contributed by atoms with Crippen molar-refractivity contribution in [1.29, 1.82) is 0 Å². The number of ether oxygens (including phenoxy) is 1. The lowest BCUT2D eigenvalue weighted by Gasteiger charge is -1.91. The van der Waals surface area contributed by atoms with Crippen LogP contribution in [0.15, 0.2) is 14.8 Å². The van der Waals surface area contributed by atoms with Crippen LogP contribution in [0.2, 0.25) is 0 Å². The highest BCUT2D eigenvalue weighted by Gasteiger charge is 2.08. The molecule has 0 aromatic carbocycles. The van der Waals surface area contributed by atoms with Gasteiger partial charge in [0.2, 0.25) is 5.89 Å². The van der Waals surface area contributed by atoms with Crippen LogP contribution in [0, 0.1) is 0 Å². The molecular weight excluding hydrogens is 220 g/mol. The maximum absolute atomic E-state index is 11.2. The van der Waals surface area contributed by atoms with Crippen LogP contribution in [-0.4, -0.2) is 27.0 Å². The number of nitrogens with zero attached hydrogens (tertiary/aromatic N) is 4. The molecule has 0 saturated heterocycles. The number of methoxy groups -OCH3 is 1. The Kier molecular flexibility index (Phi) is 2.88. The number of hydrogen-bond acceptors (Lipinski definition) is 7. The third-order valence-electron chi connectivity index (χ3n) is 1.62. The molecule has 0 fully saturated rings. The molecule has 0 amide bonds. The molecule has 0 unspecified atom stereocenters. The van der Waals surface area contributed by atoms with Crippen LogP contribution >= 0.6 is 11.3 Å². The maximum atomic E-state index is 11.2. The van der Waals surface area contributed by atoms with Crippen molar-refractivity contribution in [2.75, 3.05) is 7.11 Å². The highest BCUT2D eigenvalue weighted by Crippen LogP contribution is 1.99. The van der Waals surface area contributed by atoms with Crippen LogP contribution in [0.3, 0.4) is 0 Å². The van der Waals surface area contributed by atoms with E-state index in [9.17, 15) is 4.79 Å². The summed E-state index contributed by atoms with van der Waals surface area (Å²) in [5, 5.41) is 7.50. The Morgan fingerprint density at radius 1 is 1.67 bits per heavy atom. The van der Waals surface area contributed by atoms with Crippen LogP contribution in [-0.2, 0) is 17.9 Å². The predicted octanol–water partition coefficient (Wildman–Crippen LogP) is -0.117. The first-order chi connectivity index (χ1) is 7.29. The van der Waals surface area contributed by atoms with Crippen molar-refractivity contribution in [3.63, 3.8) is 0 Å². The quantitative estimate of drug-likeness (QED) is 0.725. The van der Waals surface area contributed by atoms with Gasteiger partial charge in [-0.25, -0.2) is 4.68 Å². The lowest BCUT2D eigenvalue weighted by atomic mass is 10.6. The van der Waals surface area contributed by atoms with E-state index in [0.29, 0.717) is 11.7 Å². The highest BCUT2D eigenvalue weighted by atomic mass is 32.1. The second kappa shape index (κ2) is 4.32. The fourth-order valence-electron chi connectivity index (χ4n) is 1.01. The average Bonchev–Trinajstić information content (AvgIpc) is 2.79. The van der Waals surface area contributed by atoms with Gasteiger partial charge in [0.05, 0.1) is 0 Å². The summed E-state index contributed by atoms with van der Waals surface area (Å²) in [4.78, 5) is 15.0. The summed E-state index contributed by atoms with van der Waals surface area (Å²) in [5.41, 5.74) is 1.47. The molecule has 80 valence electrons. The third kappa shape index (κ3) is 2.28. The van der Waals surface area contributed by atoms with Gasteiger partial charge in [0.15, 0.2) is 5.82 Å². The van der Waals surface area contributed by atoms with E-state index in [4.69, 9.17) is 9.26 Å². The van der Waals surface area contributed by atoms with Crippen molar-refractivity contribution < 1.29 is 9.26 Å². The Bertz CT molecular complexity index is 488. The van der Waals surface area contributed by atoms with Gasteiger partial charge in [-0.1, -0.05) is 16.5 Å². The molecule has 0 N–H and O–H groups in total. The van der Waals surface area contributed by atoms with Crippen LogP contribution in [0.25, 0.3) is 0 Å². The van der Waals surface area contributed by atoms with Crippen LogP contribution < -0.4 is 4.87 Å². The summed E-state index contributed by atoms with van der Waals surface area (Å²) < 4.78 is 11.0. The summed E-state index contributed by atoms with van der Waals surface area (Å²) in [6.45, 7) is 0.481. The van der Waals surface area contributed by atoms with Crippen LogP contribution in [0.1, 0.15) is 11.7 Å². The molecular formula is C7H8N4O3S. The van der Waals surface area contributed by atoms with Gasteiger partial charge in [-0.2, -0.15) is 10.1 Å². The fraction of sp³-hybridized carbons (Fsp3) is 0.429. The second-order valence-electron chi connectivity index (χ2n) is 2.70. The molecule has 2 aromatic heterocycles. The molecule has 0 bridgehead atoms. The van der Waals surface area contributed by atoms with E-state index in [2.05, 4.69) is 15.2 Å². The van der Waals surface area contributed by atoms with Gasteiger partial charge < -0.3 is 9.26 Å². The monoisotopic (exact) mass is 228 g/mol. The van der Waals surface area contributed by atoms with Crippen molar-refractivity contribution in [3.05, 3.63) is 26.9 Å². The van der Waals surface area contributed by atoms with E-state index >= 15 is 0 Å². The number of aromatic nitrogens is 4. The maximum Gasteiger partial charge on any atom is 0.325 e. The van der Waals surface area contributed by atoms with Crippen molar-refractivity contribution in [2.45, 2.75) is 13.2 Å². The van der Waals surface area contributed by atoms with E-state index in [1.807, 2.05) is 0 Å². The van der Waals surface area contributed by atoms with E-state index < -0.39 is 0 Å². The molecule has 0 aliphatic carbocycles. The smallest absolute Gasteiger partial charge is 0.325 e. The van der Waals surface area contributed by atoms with Crippen molar-refractivity contribution in [3.8, 4) is 0 Å². The molecule has 0 aliphatic heterocycles. The summed E-state index contributed by atoms with van der Waals surface area (Å²) in [7, 11) is 1.54. The van der Waals surface area contributed by atoms with Crippen molar-refractivity contribution in [2.24, 2.45) is 0 Å². The fourth-order valence-corrected chi connectivity index (χ4v) is 1.49. The number of rotatable bonds is 4. The van der Waals surface area contributed by atoms with Crippen LogP contribution in [0.4, 0.5) is 0 Å². The van der Waals surface area contributed by atoms with Gasteiger partial charge in [-0.15, -0.1) is 0 Å². The normalized spacial score (nSPS) is 10.7. The zero-order valence-corrected chi connectivity index (χ0v) is 8.73. The van der Waals surface area contributed by atoms with E-state index in [0.717, 1.165) is 11.3 Å². The van der Waals surface area contributed by atoms with Gasteiger partial charge in [-0.05, 0) is 0 Å². The molecule has 0 saturated carbocycles. The lowest BCUT2D eigenvalue weighted by molar-refractivity contribution is 0.174. The molecule has 0 aliphatic rings. The Morgan fingerprint density at radius 2 is 2.53 bits per heavy atom. The minimum atomic E-state index is -0.151. The summed E-state index contributed by atoms with van der Waals surface area (Å²) in [6, 6.07) is 0. The second-order valence-corrected chi connectivity index (χ2v) is 3.50. The standard InChI is InChI=1S/C7H8N4O3S/c1-13-3-5-9-6(14-10-5)2-11-7(12)15-4-8-11/h4H,2-3H2,1H3. The first-order valence-corrected chi connectivity index (χ1v) is 4.98. The van der Waals surface area contributed by atoms with Gasteiger partial charge >= 0.3 is 4.87 Å². The first kappa shape index (κ1) is 9.99. The molecule has 8 heteroatoms. The topological polar surface area (TPSA) is 83.0 Å². The summed E-state index contributed by atoms with van der Waals surface area (Å²) in [6.07, 6.45) is 0. The van der Waals surface area contributed by atoms with E-state index in [1.54, 1.807) is 7.11 Å². The minimum absolute atomic E-state index is 0.151. The molecule has 0 radical (unpaired) electrons. The highest BCUT2D eigenvalue weighted by molar-refractivity contribution is 7.06. The molecule has 15 heavy (non-hydrogen) atoms. The van der Waals surface area contributed by atoms with Crippen LogP contribution in [0.5, 0.6) is 0 Å². The Balaban J connectivity index is 2.11. The molecule has 2 aromatic rings. The lowest BCUT2D eigenvalue weighted by Crippen LogP contribution is -2.15. The molecule has 2 heterocycles. The Labute approximate surface area is 88.3 Å². The molecule has 0 atom stereocenters. The van der Waals surface area contributed by atoms with Gasteiger partial charge in [0, 0.05) is 7.11 Å².